The summed E-state index contributed by atoms with van der Waals surface area (Å²) in [5.41, 5.74) is 1.64. The van der Waals surface area contributed by atoms with Crippen molar-refractivity contribution >= 4 is 50.9 Å². The highest BCUT2D eigenvalue weighted by molar-refractivity contribution is 9.10. The van der Waals surface area contributed by atoms with Crippen LogP contribution in [-0.4, -0.2) is 11.7 Å². The fraction of sp³-hybridized carbons (Fsp3) is 0.133. The molecule has 0 spiro atoms. The van der Waals surface area contributed by atoms with Crippen LogP contribution in [0.1, 0.15) is 5.56 Å². The maximum Gasteiger partial charge on any atom is 0.234 e. The molecule has 2 aromatic rings. The molecule has 21 heavy (non-hydrogen) atoms. The number of anilines is 1. The maximum absolute atomic E-state index is 13.0. The standard InChI is InChI=1S/C15H12BrClFNOS/c16-11-3-1-2-10(6-11)8-21-9-15(20)19-12-4-5-14(18)13(17)7-12/h1-7H,8-9H2,(H,19,20). The van der Waals surface area contributed by atoms with Crippen molar-refractivity contribution in [2.75, 3.05) is 11.1 Å². The van der Waals surface area contributed by atoms with E-state index in [4.69, 9.17) is 11.6 Å². The second-order valence-electron chi connectivity index (χ2n) is 4.30. The Hall–Kier alpha value is -1.04. The number of halogens is 3. The Morgan fingerprint density at radius 2 is 2.10 bits per heavy atom. The Bertz CT molecular complexity index is 653. The molecule has 0 saturated carbocycles. The summed E-state index contributed by atoms with van der Waals surface area (Å²) in [7, 11) is 0. The summed E-state index contributed by atoms with van der Waals surface area (Å²) in [6, 6.07) is 12.1. The molecule has 6 heteroatoms. The predicted octanol–water partition coefficient (Wildman–Crippen LogP) is 5.11. The molecule has 110 valence electrons. The molecule has 1 amide bonds. The first-order chi connectivity index (χ1) is 10.0. The number of rotatable bonds is 5. The number of benzene rings is 2. The van der Waals surface area contributed by atoms with Crippen molar-refractivity contribution in [3.8, 4) is 0 Å². The molecule has 0 atom stereocenters. The Morgan fingerprint density at radius 3 is 2.81 bits per heavy atom. The van der Waals surface area contributed by atoms with Crippen molar-refractivity contribution in [1.82, 2.24) is 0 Å². The quantitative estimate of drug-likeness (QED) is 0.771. The normalized spacial score (nSPS) is 10.4. The fourth-order valence-electron chi connectivity index (χ4n) is 1.66. The van der Waals surface area contributed by atoms with Crippen molar-refractivity contribution in [1.29, 1.82) is 0 Å². The van der Waals surface area contributed by atoms with Gasteiger partial charge in [0, 0.05) is 15.9 Å². The van der Waals surface area contributed by atoms with Gasteiger partial charge in [-0.25, -0.2) is 4.39 Å². The molecule has 0 heterocycles. The smallest absolute Gasteiger partial charge is 0.234 e. The number of nitrogens with one attached hydrogen (secondary N) is 1. The molecule has 0 saturated heterocycles. The van der Waals surface area contributed by atoms with Gasteiger partial charge in [-0.2, -0.15) is 0 Å². The summed E-state index contributed by atoms with van der Waals surface area (Å²) < 4.78 is 14.0. The number of thioether (sulfide) groups is 1. The van der Waals surface area contributed by atoms with Gasteiger partial charge in [-0.15, -0.1) is 11.8 Å². The van der Waals surface area contributed by atoms with Gasteiger partial charge in [0.15, 0.2) is 0 Å². The summed E-state index contributed by atoms with van der Waals surface area (Å²) >= 11 is 10.6. The lowest BCUT2D eigenvalue weighted by molar-refractivity contribution is -0.113. The van der Waals surface area contributed by atoms with Crippen molar-refractivity contribution in [3.05, 3.63) is 63.3 Å². The van der Waals surface area contributed by atoms with Crippen LogP contribution >= 0.6 is 39.3 Å². The van der Waals surface area contributed by atoms with Gasteiger partial charge >= 0.3 is 0 Å². The molecule has 1 N–H and O–H groups in total. The molecule has 0 bridgehead atoms. The molecule has 0 fully saturated rings. The van der Waals surface area contributed by atoms with Crippen LogP contribution < -0.4 is 5.32 Å². The fourth-order valence-corrected chi connectivity index (χ4v) is 3.06. The van der Waals surface area contributed by atoms with Crippen molar-refractivity contribution in [3.63, 3.8) is 0 Å². The third-order valence-corrected chi connectivity index (χ3v) is 4.38. The largest absolute Gasteiger partial charge is 0.325 e. The lowest BCUT2D eigenvalue weighted by Crippen LogP contribution is -2.14. The molecule has 2 aromatic carbocycles. The predicted molar refractivity (Wildman–Crippen MR) is 90.3 cm³/mol. The number of hydrogen-bond acceptors (Lipinski definition) is 2. The highest BCUT2D eigenvalue weighted by Gasteiger charge is 2.06. The number of carbonyl (C=O) groups is 1. The molecule has 0 aliphatic heterocycles. The summed E-state index contributed by atoms with van der Waals surface area (Å²) in [5.74, 6) is 0.426. The zero-order chi connectivity index (χ0) is 15.2. The third-order valence-electron chi connectivity index (χ3n) is 2.59. The minimum atomic E-state index is -0.501. The molecule has 0 unspecified atom stereocenters. The first-order valence-corrected chi connectivity index (χ1v) is 8.44. The highest BCUT2D eigenvalue weighted by Crippen LogP contribution is 2.20. The van der Waals surface area contributed by atoms with Gasteiger partial charge in [0.2, 0.25) is 5.91 Å². The van der Waals surface area contributed by atoms with Gasteiger partial charge < -0.3 is 5.32 Å². The van der Waals surface area contributed by atoms with Crippen LogP contribution in [-0.2, 0) is 10.5 Å². The second kappa shape index (κ2) is 7.82. The summed E-state index contributed by atoms with van der Waals surface area (Å²) in [6.07, 6.45) is 0. The lowest BCUT2D eigenvalue weighted by Gasteiger charge is -2.06. The highest BCUT2D eigenvalue weighted by atomic mass is 79.9. The summed E-state index contributed by atoms with van der Waals surface area (Å²) in [4.78, 5) is 11.8. The van der Waals surface area contributed by atoms with Crippen LogP contribution in [0.25, 0.3) is 0 Å². The lowest BCUT2D eigenvalue weighted by atomic mass is 10.2. The zero-order valence-corrected chi connectivity index (χ0v) is 14.1. The molecule has 0 aliphatic carbocycles. The first kappa shape index (κ1) is 16.3. The maximum atomic E-state index is 13.0. The van der Waals surface area contributed by atoms with Crippen LogP contribution in [0.2, 0.25) is 5.02 Å². The van der Waals surface area contributed by atoms with Crippen LogP contribution in [0, 0.1) is 5.82 Å². The van der Waals surface area contributed by atoms with E-state index in [0.717, 1.165) is 15.8 Å². The minimum Gasteiger partial charge on any atom is -0.325 e. The van der Waals surface area contributed by atoms with E-state index in [1.165, 1.54) is 30.0 Å². The van der Waals surface area contributed by atoms with Crippen LogP contribution in [0.15, 0.2) is 46.9 Å². The summed E-state index contributed by atoms with van der Waals surface area (Å²) in [6.45, 7) is 0. The van der Waals surface area contributed by atoms with Crippen LogP contribution in [0.3, 0.4) is 0 Å². The monoisotopic (exact) mass is 387 g/mol. The van der Waals surface area contributed by atoms with Gasteiger partial charge in [-0.3, -0.25) is 4.79 Å². The van der Waals surface area contributed by atoms with Gasteiger partial charge in [0.25, 0.3) is 0 Å². The van der Waals surface area contributed by atoms with E-state index in [1.54, 1.807) is 0 Å². The van der Waals surface area contributed by atoms with Crippen molar-refractivity contribution in [2.24, 2.45) is 0 Å². The second-order valence-corrected chi connectivity index (χ2v) is 6.61. The Balaban J connectivity index is 1.81. The molecule has 0 aliphatic rings. The Kier molecular flexibility index (Phi) is 6.08. The Morgan fingerprint density at radius 1 is 1.29 bits per heavy atom. The van der Waals surface area contributed by atoms with E-state index in [2.05, 4.69) is 21.2 Å². The summed E-state index contributed by atoms with van der Waals surface area (Å²) in [5, 5.41) is 2.68. The van der Waals surface area contributed by atoms with Gasteiger partial charge in [-0.05, 0) is 35.9 Å². The number of amides is 1. The zero-order valence-electron chi connectivity index (χ0n) is 10.9. The van der Waals surface area contributed by atoms with E-state index in [9.17, 15) is 9.18 Å². The molecular formula is C15H12BrClFNOS. The van der Waals surface area contributed by atoms with Gasteiger partial charge in [0.05, 0.1) is 10.8 Å². The number of hydrogen-bond donors (Lipinski definition) is 1. The topological polar surface area (TPSA) is 29.1 Å². The van der Waals surface area contributed by atoms with Crippen molar-refractivity contribution < 1.29 is 9.18 Å². The van der Waals surface area contributed by atoms with Gasteiger partial charge in [0.1, 0.15) is 5.82 Å². The molecule has 0 radical (unpaired) electrons. The van der Waals surface area contributed by atoms with E-state index in [-0.39, 0.29) is 10.9 Å². The molecular weight excluding hydrogens is 377 g/mol. The van der Waals surface area contributed by atoms with E-state index in [0.29, 0.717) is 11.4 Å². The van der Waals surface area contributed by atoms with E-state index < -0.39 is 5.82 Å². The average molecular weight is 389 g/mol. The van der Waals surface area contributed by atoms with Crippen molar-refractivity contribution in [2.45, 2.75) is 5.75 Å². The average Bonchev–Trinajstić information content (AvgIpc) is 2.43. The SMILES string of the molecule is O=C(CSCc1cccc(Br)c1)Nc1ccc(F)c(Cl)c1. The Labute approximate surface area is 140 Å². The molecule has 0 aromatic heterocycles. The number of carbonyl (C=O) groups excluding carboxylic acids is 1. The minimum absolute atomic E-state index is 0.00501. The van der Waals surface area contributed by atoms with Crippen LogP contribution in [0.4, 0.5) is 10.1 Å². The first-order valence-electron chi connectivity index (χ1n) is 6.11. The van der Waals surface area contributed by atoms with E-state index in [1.807, 2.05) is 24.3 Å². The molecule has 2 rings (SSSR count). The molecule has 2 nitrogen and oxygen atoms in total. The van der Waals surface area contributed by atoms with Gasteiger partial charge in [-0.1, -0.05) is 39.7 Å². The van der Waals surface area contributed by atoms with E-state index >= 15 is 0 Å². The third kappa shape index (κ3) is 5.34. The van der Waals surface area contributed by atoms with Crippen LogP contribution in [0.5, 0.6) is 0 Å².